The molecule has 0 amide bonds. The molecule has 1 unspecified atom stereocenters. The second-order valence-electron chi connectivity index (χ2n) is 6.64. The van der Waals surface area contributed by atoms with E-state index in [-0.39, 0.29) is 12.5 Å². The van der Waals surface area contributed by atoms with E-state index < -0.39 is 26.1 Å². The molecule has 6 heteroatoms. The average Bonchev–Trinajstić information content (AvgIpc) is 2.36. The number of ether oxygens (including phenoxy) is 2. The van der Waals surface area contributed by atoms with Crippen LogP contribution in [0.2, 0.25) is 19.6 Å². The molecule has 0 saturated heterocycles. The minimum Gasteiger partial charge on any atom is -0.469 e. The Balaban J connectivity index is 2.28. The van der Waals surface area contributed by atoms with E-state index in [0.717, 1.165) is 25.7 Å². The molecule has 0 aromatic heterocycles. The average molecular weight is 302 g/mol. The first kappa shape index (κ1) is 17.2. The maximum absolute atomic E-state index is 11.7. The van der Waals surface area contributed by atoms with E-state index in [1.807, 2.05) is 0 Å². The lowest BCUT2D eigenvalue weighted by Gasteiger charge is -2.23. The molecule has 1 saturated carbocycles. The Kier molecular flexibility index (Phi) is 6.68. The highest BCUT2D eigenvalue weighted by Gasteiger charge is 2.26. The van der Waals surface area contributed by atoms with Crippen LogP contribution in [0.25, 0.3) is 0 Å². The third kappa shape index (κ3) is 7.05. The number of hydrogen-bond acceptors (Lipinski definition) is 5. The van der Waals surface area contributed by atoms with Crippen LogP contribution >= 0.6 is 0 Å². The lowest BCUT2D eigenvalue weighted by atomic mass is 9.98. The maximum Gasteiger partial charge on any atom is 0.335 e. The Bertz CT molecular complexity index is 331. The van der Waals surface area contributed by atoms with Crippen LogP contribution in [0, 0.1) is 0 Å². The smallest absolute Gasteiger partial charge is 0.335 e. The number of aliphatic hydroxyl groups is 1. The summed E-state index contributed by atoms with van der Waals surface area (Å²) in [6.45, 7) is 6.23. The zero-order valence-corrected chi connectivity index (χ0v) is 13.7. The SMILES string of the molecule is C[Si](C)(C)COC(=O)CC(O)C(=O)OC1CCCCC1. The van der Waals surface area contributed by atoms with Gasteiger partial charge in [-0.25, -0.2) is 4.79 Å². The van der Waals surface area contributed by atoms with E-state index in [1.54, 1.807) is 0 Å². The molecule has 0 heterocycles. The topological polar surface area (TPSA) is 72.8 Å². The van der Waals surface area contributed by atoms with Gasteiger partial charge in [-0.1, -0.05) is 26.1 Å². The zero-order valence-electron chi connectivity index (χ0n) is 12.7. The summed E-state index contributed by atoms with van der Waals surface area (Å²) in [6.07, 6.45) is 3.51. The lowest BCUT2D eigenvalue weighted by Crippen LogP contribution is -2.34. The first-order chi connectivity index (χ1) is 9.28. The van der Waals surface area contributed by atoms with Crippen molar-refractivity contribution in [1.82, 2.24) is 0 Å². The van der Waals surface area contributed by atoms with Crippen molar-refractivity contribution in [1.29, 1.82) is 0 Å². The van der Waals surface area contributed by atoms with Gasteiger partial charge in [0.15, 0.2) is 6.10 Å². The molecular weight excluding hydrogens is 276 g/mol. The minimum absolute atomic E-state index is 0.107. The van der Waals surface area contributed by atoms with Gasteiger partial charge >= 0.3 is 11.9 Å². The van der Waals surface area contributed by atoms with Gasteiger partial charge in [-0.3, -0.25) is 4.79 Å². The second-order valence-corrected chi connectivity index (χ2v) is 12.0. The van der Waals surface area contributed by atoms with Gasteiger partial charge in [-0.2, -0.15) is 0 Å². The molecule has 0 spiro atoms. The first-order valence-electron chi connectivity index (χ1n) is 7.32. The standard InChI is InChI=1S/C14H26O5Si/c1-20(2,3)10-18-13(16)9-12(15)14(17)19-11-7-5-4-6-8-11/h11-12,15H,4-10H2,1-3H3. The van der Waals surface area contributed by atoms with Crippen molar-refractivity contribution in [3.05, 3.63) is 0 Å². The van der Waals surface area contributed by atoms with Crippen LogP contribution in [0.4, 0.5) is 0 Å². The van der Waals surface area contributed by atoms with Crippen LogP contribution in [-0.4, -0.2) is 43.6 Å². The van der Waals surface area contributed by atoms with Gasteiger partial charge in [-0.05, 0) is 25.7 Å². The van der Waals surface area contributed by atoms with Crippen molar-refractivity contribution >= 4 is 20.0 Å². The molecule has 20 heavy (non-hydrogen) atoms. The Hall–Kier alpha value is -0.883. The van der Waals surface area contributed by atoms with Gasteiger partial charge < -0.3 is 14.6 Å². The number of hydrogen-bond donors (Lipinski definition) is 1. The molecule has 1 aliphatic carbocycles. The Morgan fingerprint density at radius 2 is 1.80 bits per heavy atom. The fourth-order valence-electron chi connectivity index (χ4n) is 2.02. The molecule has 0 aliphatic heterocycles. The summed E-state index contributed by atoms with van der Waals surface area (Å²) in [6, 6.07) is 0. The number of esters is 2. The molecule has 1 atom stereocenters. The molecule has 0 aromatic rings. The Labute approximate surface area is 121 Å². The van der Waals surface area contributed by atoms with E-state index in [0.29, 0.717) is 6.23 Å². The largest absolute Gasteiger partial charge is 0.469 e. The van der Waals surface area contributed by atoms with E-state index in [2.05, 4.69) is 19.6 Å². The summed E-state index contributed by atoms with van der Waals surface area (Å²) in [5.41, 5.74) is 0. The second kappa shape index (κ2) is 7.78. The van der Waals surface area contributed by atoms with Crippen LogP contribution < -0.4 is 0 Å². The highest BCUT2D eigenvalue weighted by Crippen LogP contribution is 2.20. The van der Waals surface area contributed by atoms with Gasteiger partial charge in [0, 0.05) is 0 Å². The van der Waals surface area contributed by atoms with Crippen molar-refractivity contribution < 1.29 is 24.2 Å². The van der Waals surface area contributed by atoms with Crippen LogP contribution in [0.1, 0.15) is 38.5 Å². The van der Waals surface area contributed by atoms with E-state index in [1.165, 1.54) is 6.42 Å². The highest BCUT2D eigenvalue weighted by molar-refractivity contribution is 6.76. The fourth-order valence-corrected chi connectivity index (χ4v) is 2.62. The molecular formula is C14H26O5Si. The van der Waals surface area contributed by atoms with Crippen molar-refractivity contribution in [2.24, 2.45) is 0 Å². The van der Waals surface area contributed by atoms with E-state index >= 15 is 0 Å². The quantitative estimate of drug-likeness (QED) is 0.600. The molecule has 1 rings (SSSR count). The molecule has 116 valence electrons. The maximum atomic E-state index is 11.7. The van der Waals surface area contributed by atoms with Gasteiger partial charge in [0.1, 0.15) is 6.10 Å². The number of carbonyl (C=O) groups excluding carboxylic acids is 2. The van der Waals surface area contributed by atoms with Crippen LogP contribution in [0.15, 0.2) is 0 Å². The number of aliphatic hydroxyl groups excluding tert-OH is 1. The molecule has 1 N–H and O–H groups in total. The zero-order chi connectivity index (χ0) is 15.2. The number of rotatable bonds is 6. The summed E-state index contributed by atoms with van der Waals surface area (Å²) in [5.74, 6) is -1.25. The monoisotopic (exact) mass is 302 g/mol. The van der Waals surface area contributed by atoms with Crippen LogP contribution in [0.3, 0.4) is 0 Å². The number of carbonyl (C=O) groups is 2. The molecule has 0 radical (unpaired) electrons. The Morgan fingerprint density at radius 1 is 1.20 bits per heavy atom. The van der Waals surface area contributed by atoms with E-state index in [9.17, 15) is 14.7 Å². The first-order valence-corrected chi connectivity index (χ1v) is 11.0. The van der Waals surface area contributed by atoms with Gasteiger partial charge in [0.05, 0.1) is 20.7 Å². The predicted molar refractivity (Wildman–Crippen MR) is 77.9 cm³/mol. The fraction of sp³-hybridized carbons (Fsp3) is 0.857. The summed E-state index contributed by atoms with van der Waals surface area (Å²) in [4.78, 5) is 23.2. The summed E-state index contributed by atoms with van der Waals surface area (Å²) in [7, 11) is -1.47. The molecule has 5 nitrogen and oxygen atoms in total. The molecule has 1 fully saturated rings. The van der Waals surface area contributed by atoms with Crippen molar-refractivity contribution in [2.45, 2.75) is 70.4 Å². The van der Waals surface area contributed by atoms with Crippen molar-refractivity contribution in [2.75, 3.05) is 6.23 Å². The van der Waals surface area contributed by atoms with Crippen molar-refractivity contribution in [3.63, 3.8) is 0 Å². The van der Waals surface area contributed by atoms with Gasteiger partial charge in [0.2, 0.25) is 0 Å². The molecule has 1 aliphatic rings. The summed E-state index contributed by atoms with van der Waals surface area (Å²) < 4.78 is 10.3. The summed E-state index contributed by atoms with van der Waals surface area (Å²) in [5, 5.41) is 9.68. The minimum atomic E-state index is -1.47. The van der Waals surface area contributed by atoms with Crippen LogP contribution in [0.5, 0.6) is 0 Å². The third-order valence-corrected chi connectivity index (χ3v) is 4.14. The lowest BCUT2D eigenvalue weighted by molar-refractivity contribution is -0.165. The normalized spacial score (nSPS) is 18.4. The van der Waals surface area contributed by atoms with Gasteiger partial charge in [0.25, 0.3) is 0 Å². The third-order valence-electron chi connectivity index (χ3n) is 3.13. The van der Waals surface area contributed by atoms with Crippen molar-refractivity contribution in [3.8, 4) is 0 Å². The highest BCUT2D eigenvalue weighted by atomic mass is 28.3. The summed E-state index contributed by atoms with van der Waals surface area (Å²) >= 11 is 0. The molecule has 0 bridgehead atoms. The van der Waals surface area contributed by atoms with E-state index in [4.69, 9.17) is 9.47 Å². The van der Waals surface area contributed by atoms with Crippen LogP contribution in [-0.2, 0) is 19.1 Å². The van der Waals surface area contributed by atoms with Gasteiger partial charge in [-0.15, -0.1) is 0 Å². The predicted octanol–water partition coefficient (Wildman–Crippen LogP) is 2.03. The molecule has 0 aromatic carbocycles. The Morgan fingerprint density at radius 3 is 2.35 bits per heavy atom.